The van der Waals surface area contributed by atoms with Gasteiger partial charge in [-0.2, -0.15) is 0 Å². The molecule has 0 saturated heterocycles. The molecule has 0 unspecified atom stereocenters. The molecule has 1 aliphatic rings. The molecule has 0 bridgehead atoms. The smallest absolute Gasteiger partial charge is 0.00229 e. The van der Waals surface area contributed by atoms with Gasteiger partial charge in [-0.15, -0.1) is 0 Å². The lowest BCUT2D eigenvalue weighted by Crippen LogP contribution is -2.49. The summed E-state index contributed by atoms with van der Waals surface area (Å²) in [4.78, 5) is 0. The lowest BCUT2D eigenvalue weighted by molar-refractivity contribution is 0.0393. The fourth-order valence-corrected chi connectivity index (χ4v) is 7.89. The van der Waals surface area contributed by atoms with Crippen molar-refractivity contribution in [3.05, 3.63) is 120 Å². The molecule has 0 fully saturated rings. The number of rotatable bonds is 2. The Hall–Kier alpha value is -4.16. The molecule has 6 aromatic rings. The van der Waals surface area contributed by atoms with E-state index in [1.165, 1.54) is 65.0 Å². The number of benzene rings is 6. The Morgan fingerprint density at radius 3 is 1.38 bits per heavy atom. The lowest BCUT2D eigenvalue weighted by atomic mass is 9.51. The van der Waals surface area contributed by atoms with Crippen LogP contribution in [-0.4, -0.2) is 0 Å². The van der Waals surface area contributed by atoms with Crippen molar-refractivity contribution in [1.82, 2.24) is 0 Å². The average molecular weight is 545 g/mol. The topological polar surface area (TPSA) is 0 Å². The minimum atomic E-state index is -0.0122. The van der Waals surface area contributed by atoms with Gasteiger partial charge in [0.1, 0.15) is 0 Å². The fraction of sp³-hybridized carbons (Fsp3) is 0.238. The van der Waals surface area contributed by atoms with Crippen molar-refractivity contribution in [3.8, 4) is 22.3 Å². The Kier molecular flexibility index (Phi) is 6.00. The molecule has 0 amide bonds. The highest BCUT2D eigenvalue weighted by Crippen LogP contribution is 2.56. The lowest BCUT2D eigenvalue weighted by Gasteiger charge is -2.53. The second kappa shape index (κ2) is 9.43. The predicted octanol–water partition coefficient (Wildman–Crippen LogP) is 10.5. The first-order valence-electron chi connectivity index (χ1n) is 15.3. The highest BCUT2D eigenvalue weighted by atomic mass is 14.5. The van der Waals surface area contributed by atoms with Crippen LogP contribution in [0.1, 0.15) is 48.0 Å². The minimum Gasteiger partial charge on any atom is -0.0751 e. The first kappa shape index (κ1) is 26.7. The van der Waals surface area contributed by atoms with E-state index >= 15 is 0 Å². The molecule has 0 aliphatic heterocycles. The summed E-state index contributed by atoms with van der Waals surface area (Å²) in [5, 5.41) is 10.5. The summed E-state index contributed by atoms with van der Waals surface area (Å²) in [6, 6.07) is 40.5. The van der Waals surface area contributed by atoms with Gasteiger partial charge in [0.2, 0.25) is 0 Å². The molecule has 0 radical (unpaired) electrons. The van der Waals surface area contributed by atoms with Gasteiger partial charge >= 0.3 is 0 Å². The molecule has 208 valence electrons. The zero-order valence-corrected chi connectivity index (χ0v) is 25.8. The second-order valence-electron chi connectivity index (χ2n) is 14.3. The first-order valence-corrected chi connectivity index (χ1v) is 15.3. The van der Waals surface area contributed by atoms with Gasteiger partial charge in [-0.05, 0) is 94.4 Å². The van der Waals surface area contributed by atoms with E-state index in [2.05, 4.69) is 163 Å². The summed E-state index contributed by atoms with van der Waals surface area (Å²) in [5.74, 6) is 0. The van der Waals surface area contributed by atoms with E-state index in [0.717, 1.165) is 6.42 Å². The summed E-state index contributed by atoms with van der Waals surface area (Å²) in [7, 11) is 0. The summed E-state index contributed by atoms with van der Waals surface area (Å²) < 4.78 is 0. The van der Waals surface area contributed by atoms with Crippen LogP contribution in [0.2, 0.25) is 0 Å². The molecule has 0 aromatic heterocycles. The van der Waals surface area contributed by atoms with Crippen molar-refractivity contribution in [2.24, 2.45) is 16.2 Å². The van der Waals surface area contributed by atoms with Crippen LogP contribution in [0.15, 0.2) is 109 Å². The number of hydrogen-bond donors (Lipinski definition) is 0. The molecule has 0 saturated carbocycles. The van der Waals surface area contributed by atoms with E-state index in [4.69, 9.17) is 0 Å². The molecule has 42 heavy (non-hydrogen) atoms. The van der Waals surface area contributed by atoms with Gasteiger partial charge in [-0.1, -0.05) is 151 Å². The predicted molar refractivity (Wildman–Crippen MR) is 184 cm³/mol. The van der Waals surface area contributed by atoms with E-state index in [1.54, 1.807) is 0 Å². The zero-order valence-electron chi connectivity index (χ0n) is 25.8. The maximum Gasteiger partial charge on any atom is 0.00229 e. The van der Waals surface area contributed by atoms with E-state index in [0.29, 0.717) is 0 Å². The van der Waals surface area contributed by atoms with Crippen molar-refractivity contribution in [3.63, 3.8) is 0 Å². The number of fused-ring (bicyclic) bond motifs is 4. The molecule has 7 rings (SSSR count). The monoisotopic (exact) mass is 544 g/mol. The third-order valence-corrected chi connectivity index (χ3v) is 10.1. The Morgan fingerprint density at radius 2 is 0.905 bits per heavy atom. The molecule has 0 N–H and O–H groups in total. The van der Waals surface area contributed by atoms with Crippen LogP contribution in [0.3, 0.4) is 0 Å². The van der Waals surface area contributed by atoms with Crippen molar-refractivity contribution in [2.45, 2.75) is 48.0 Å². The zero-order chi connectivity index (χ0) is 29.3. The van der Waals surface area contributed by atoms with Crippen LogP contribution in [0.5, 0.6) is 0 Å². The highest BCUT2D eigenvalue weighted by Gasteiger charge is 2.49. The summed E-state index contributed by atoms with van der Waals surface area (Å²) >= 11 is 0. The standard InChI is InChI=1S/C42H40/c1-40(2,3)42(41(4,5)6)24-23-36-37(27-42)39(33-22-20-29-14-8-10-16-31(29)26-33)35-18-12-11-17-34(35)38(36)32-21-19-28-13-7-9-15-30(28)25-32/h7-23,25-27H,24H2,1-6H3. The molecule has 0 nitrogen and oxygen atoms in total. The molecule has 0 spiro atoms. The minimum absolute atomic E-state index is 0.0122. The van der Waals surface area contributed by atoms with E-state index in [9.17, 15) is 0 Å². The molecule has 0 atom stereocenters. The maximum absolute atomic E-state index is 2.68. The van der Waals surface area contributed by atoms with Gasteiger partial charge in [0, 0.05) is 5.41 Å². The van der Waals surface area contributed by atoms with Crippen LogP contribution in [0.4, 0.5) is 0 Å². The van der Waals surface area contributed by atoms with Crippen LogP contribution >= 0.6 is 0 Å². The quantitative estimate of drug-likeness (QED) is 0.203. The third kappa shape index (κ3) is 4.03. The third-order valence-electron chi connectivity index (χ3n) is 10.1. The average Bonchev–Trinajstić information content (AvgIpc) is 2.98. The Morgan fingerprint density at radius 1 is 0.476 bits per heavy atom. The molecule has 6 aromatic carbocycles. The van der Waals surface area contributed by atoms with Gasteiger partial charge in [0.05, 0.1) is 0 Å². The molecular weight excluding hydrogens is 504 g/mol. The maximum atomic E-state index is 2.68. The van der Waals surface area contributed by atoms with Crippen LogP contribution in [0.25, 0.3) is 66.7 Å². The molecule has 0 heteroatoms. The highest BCUT2D eigenvalue weighted by molar-refractivity contribution is 6.07. The summed E-state index contributed by atoms with van der Waals surface area (Å²) in [5.41, 5.74) is 5.42. The van der Waals surface area contributed by atoms with Gasteiger partial charge < -0.3 is 0 Å². The molecule has 0 heterocycles. The van der Waals surface area contributed by atoms with Crippen LogP contribution < -0.4 is 10.4 Å². The van der Waals surface area contributed by atoms with Gasteiger partial charge in [-0.25, -0.2) is 0 Å². The SMILES string of the molecule is CC(C)(C)C1(C(C)(C)C)C=c2c(-c3ccc4ccccc4c3)c3ccccc3c(-c3ccc4ccccc4c3)c2=CC1. The van der Waals surface area contributed by atoms with Crippen molar-refractivity contribution in [1.29, 1.82) is 0 Å². The summed E-state index contributed by atoms with van der Waals surface area (Å²) in [6.45, 7) is 14.6. The molecular formula is C42H40. The van der Waals surface area contributed by atoms with Gasteiger partial charge in [-0.3, -0.25) is 0 Å². The first-order chi connectivity index (χ1) is 20.1. The largest absolute Gasteiger partial charge is 0.0751 e. The van der Waals surface area contributed by atoms with Gasteiger partial charge in [0.25, 0.3) is 0 Å². The molecule has 1 aliphatic carbocycles. The normalized spacial score (nSPS) is 14.9. The summed E-state index contributed by atoms with van der Waals surface area (Å²) in [6.07, 6.45) is 6.28. The van der Waals surface area contributed by atoms with Crippen molar-refractivity contribution in [2.75, 3.05) is 0 Å². The van der Waals surface area contributed by atoms with E-state index < -0.39 is 0 Å². The Bertz CT molecular complexity index is 2110. The number of hydrogen-bond acceptors (Lipinski definition) is 0. The van der Waals surface area contributed by atoms with E-state index in [1.807, 2.05) is 0 Å². The van der Waals surface area contributed by atoms with Gasteiger partial charge in [0.15, 0.2) is 0 Å². The Labute approximate surface area is 250 Å². The fourth-order valence-electron chi connectivity index (χ4n) is 7.89. The van der Waals surface area contributed by atoms with Crippen LogP contribution in [-0.2, 0) is 0 Å². The Balaban J connectivity index is 1.68. The van der Waals surface area contributed by atoms with Crippen molar-refractivity contribution >= 4 is 44.5 Å². The second-order valence-corrected chi connectivity index (χ2v) is 14.3. The van der Waals surface area contributed by atoms with Crippen molar-refractivity contribution < 1.29 is 0 Å². The van der Waals surface area contributed by atoms with E-state index in [-0.39, 0.29) is 16.2 Å². The van der Waals surface area contributed by atoms with Crippen LogP contribution in [0, 0.1) is 16.2 Å².